The van der Waals surface area contributed by atoms with Crippen LogP contribution < -0.4 is 0 Å². The van der Waals surface area contributed by atoms with Crippen molar-refractivity contribution < 1.29 is 14.6 Å². The first-order valence-corrected chi connectivity index (χ1v) is 4.42. The van der Waals surface area contributed by atoms with Crippen LogP contribution in [-0.2, 0) is 9.53 Å². The van der Waals surface area contributed by atoms with E-state index < -0.39 is 11.4 Å². The van der Waals surface area contributed by atoms with E-state index in [1.54, 1.807) is 0 Å². The summed E-state index contributed by atoms with van der Waals surface area (Å²) in [5, 5.41) is 8.92. The highest BCUT2D eigenvalue weighted by atomic mass is 16.5. The highest BCUT2D eigenvalue weighted by Gasteiger charge is 2.44. The first-order chi connectivity index (χ1) is 5.57. The number of ether oxygens (including phenoxy) is 1. The van der Waals surface area contributed by atoms with Crippen LogP contribution in [0.3, 0.4) is 0 Å². The number of carboxylic acids is 1. The Balaban J connectivity index is 2.40. The van der Waals surface area contributed by atoms with Gasteiger partial charge in [-0.2, -0.15) is 0 Å². The van der Waals surface area contributed by atoms with E-state index in [4.69, 9.17) is 9.84 Å². The Kier molecular flexibility index (Phi) is 2.73. The quantitative estimate of drug-likeness (QED) is 0.701. The molecule has 0 saturated heterocycles. The van der Waals surface area contributed by atoms with E-state index in [0.29, 0.717) is 6.61 Å². The van der Waals surface area contributed by atoms with Gasteiger partial charge >= 0.3 is 5.97 Å². The predicted octanol–water partition coefficient (Wildman–Crippen LogP) is 1.67. The minimum absolute atomic E-state index is 0.127. The van der Waals surface area contributed by atoms with Crippen molar-refractivity contribution in [2.75, 3.05) is 6.61 Å². The molecule has 0 spiro atoms. The molecule has 12 heavy (non-hydrogen) atoms. The van der Waals surface area contributed by atoms with Crippen LogP contribution in [0.1, 0.15) is 33.1 Å². The molecule has 0 radical (unpaired) electrons. The van der Waals surface area contributed by atoms with Gasteiger partial charge in [-0.1, -0.05) is 6.42 Å². The largest absolute Gasteiger partial charge is 0.481 e. The number of carboxylic acid groups (broad SMARTS) is 1. The zero-order chi connectivity index (χ0) is 9.19. The summed E-state index contributed by atoms with van der Waals surface area (Å²) in [5.41, 5.74) is -0.551. The van der Waals surface area contributed by atoms with Crippen molar-refractivity contribution >= 4 is 5.97 Å². The van der Waals surface area contributed by atoms with Gasteiger partial charge in [-0.15, -0.1) is 0 Å². The van der Waals surface area contributed by atoms with Crippen molar-refractivity contribution in [1.82, 2.24) is 0 Å². The molecule has 0 bridgehead atoms. The Morgan fingerprint density at radius 2 is 2.17 bits per heavy atom. The Morgan fingerprint density at radius 3 is 2.42 bits per heavy atom. The molecule has 1 fully saturated rings. The molecular weight excluding hydrogens is 156 g/mol. The molecule has 1 saturated carbocycles. The third-order valence-electron chi connectivity index (χ3n) is 2.46. The molecule has 1 N–H and O–H groups in total. The number of rotatable bonds is 4. The van der Waals surface area contributed by atoms with Gasteiger partial charge in [0.25, 0.3) is 0 Å². The highest BCUT2D eigenvalue weighted by Crippen LogP contribution is 2.41. The summed E-state index contributed by atoms with van der Waals surface area (Å²) in [4.78, 5) is 10.8. The van der Waals surface area contributed by atoms with Gasteiger partial charge in [0.2, 0.25) is 0 Å². The first-order valence-electron chi connectivity index (χ1n) is 4.42. The summed E-state index contributed by atoms with van der Waals surface area (Å²) in [6.07, 6.45) is 2.69. The van der Waals surface area contributed by atoms with Crippen LogP contribution in [0.15, 0.2) is 0 Å². The second kappa shape index (κ2) is 3.44. The van der Waals surface area contributed by atoms with Crippen LogP contribution in [0.4, 0.5) is 0 Å². The van der Waals surface area contributed by atoms with Crippen LogP contribution >= 0.6 is 0 Å². The maximum absolute atomic E-state index is 10.8. The molecule has 0 aromatic carbocycles. The standard InChI is InChI=1S/C9H16O3/c1-7(2)12-6-9(8(10)11)4-3-5-9/h7H,3-6H2,1-2H3,(H,10,11). The molecule has 0 aromatic rings. The highest BCUT2D eigenvalue weighted by molar-refractivity contribution is 5.75. The Hall–Kier alpha value is -0.570. The van der Waals surface area contributed by atoms with Gasteiger partial charge in [-0.3, -0.25) is 4.79 Å². The number of hydrogen-bond donors (Lipinski definition) is 1. The van der Waals surface area contributed by atoms with Crippen molar-refractivity contribution in [3.05, 3.63) is 0 Å². The SMILES string of the molecule is CC(C)OCC1(C(=O)O)CCC1. The molecule has 0 unspecified atom stereocenters. The van der Waals surface area contributed by atoms with E-state index in [-0.39, 0.29) is 6.10 Å². The van der Waals surface area contributed by atoms with Gasteiger partial charge in [0.05, 0.1) is 18.1 Å². The average Bonchev–Trinajstić information content (AvgIpc) is 1.83. The lowest BCUT2D eigenvalue weighted by atomic mass is 9.69. The maximum Gasteiger partial charge on any atom is 0.311 e. The van der Waals surface area contributed by atoms with Crippen molar-refractivity contribution in [2.24, 2.45) is 5.41 Å². The van der Waals surface area contributed by atoms with Crippen molar-refractivity contribution in [3.8, 4) is 0 Å². The van der Waals surface area contributed by atoms with E-state index in [9.17, 15) is 4.79 Å². The van der Waals surface area contributed by atoms with Gasteiger partial charge in [-0.05, 0) is 26.7 Å². The second-order valence-electron chi connectivity index (χ2n) is 3.80. The summed E-state index contributed by atoms with van der Waals surface area (Å²) < 4.78 is 5.33. The van der Waals surface area contributed by atoms with Crippen molar-refractivity contribution in [2.45, 2.75) is 39.2 Å². The molecule has 1 aliphatic rings. The molecule has 0 amide bonds. The predicted molar refractivity (Wildman–Crippen MR) is 45.0 cm³/mol. The van der Waals surface area contributed by atoms with E-state index >= 15 is 0 Å². The van der Waals surface area contributed by atoms with Crippen LogP contribution in [0.25, 0.3) is 0 Å². The molecule has 3 heteroatoms. The summed E-state index contributed by atoms with van der Waals surface area (Å²) >= 11 is 0. The zero-order valence-electron chi connectivity index (χ0n) is 7.67. The first kappa shape index (κ1) is 9.52. The third kappa shape index (κ3) is 1.78. The molecule has 70 valence electrons. The zero-order valence-corrected chi connectivity index (χ0v) is 7.67. The summed E-state index contributed by atoms with van der Waals surface area (Å²) in [6.45, 7) is 4.22. The van der Waals surface area contributed by atoms with E-state index in [0.717, 1.165) is 19.3 Å². The fourth-order valence-electron chi connectivity index (χ4n) is 1.35. The lowest BCUT2D eigenvalue weighted by molar-refractivity contribution is -0.161. The normalized spacial score (nSPS) is 20.6. The summed E-state index contributed by atoms with van der Waals surface area (Å²) in [7, 11) is 0. The lowest BCUT2D eigenvalue weighted by Crippen LogP contribution is -2.42. The van der Waals surface area contributed by atoms with Crippen molar-refractivity contribution in [1.29, 1.82) is 0 Å². The molecule has 0 aliphatic heterocycles. The van der Waals surface area contributed by atoms with E-state index in [1.165, 1.54) is 0 Å². The summed E-state index contributed by atoms with van der Waals surface area (Å²) in [6, 6.07) is 0. The van der Waals surface area contributed by atoms with Crippen LogP contribution in [0, 0.1) is 5.41 Å². The molecule has 0 aromatic heterocycles. The number of aliphatic carboxylic acids is 1. The van der Waals surface area contributed by atoms with E-state index in [2.05, 4.69) is 0 Å². The lowest BCUT2D eigenvalue weighted by Gasteiger charge is -2.37. The fraction of sp³-hybridized carbons (Fsp3) is 0.889. The maximum atomic E-state index is 10.8. The van der Waals surface area contributed by atoms with Crippen LogP contribution in [0.5, 0.6) is 0 Å². The molecular formula is C9H16O3. The number of carbonyl (C=O) groups is 1. The average molecular weight is 172 g/mol. The molecule has 1 rings (SSSR count). The Bertz CT molecular complexity index is 171. The smallest absolute Gasteiger partial charge is 0.311 e. The second-order valence-corrected chi connectivity index (χ2v) is 3.80. The van der Waals surface area contributed by atoms with Gasteiger partial charge in [-0.25, -0.2) is 0 Å². The number of hydrogen-bond acceptors (Lipinski definition) is 2. The Labute approximate surface area is 72.7 Å². The third-order valence-corrected chi connectivity index (χ3v) is 2.46. The van der Waals surface area contributed by atoms with Gasteiger partial charge < -0.3 is 9.84 Å². The Morgan fingerprint density at radius 1 is 1.58 bits per heavy atom. The van der Waals surface area contributed by atoms with Gasteiger partial charge in [0.15, 0.2) is 0 Å². The molecule has 1 aliphatic carbocycles. The molecule has 0 heterocycles. The minimum atomic E-state index is -0.700. The van der Waals surface area contributed by atoms with Crippen LogP contribution in [-0.4, -0.2) is 23.8 Å². The van der Waals surface area contributed by atoms with Crippen molar-refractivity contribution in [3.63, 3.8) is 0 Å². The monoisotopic (exact) mass is 172 g/mol. The molecule has 0 atom stereocenters. The topological polar surface area (TPSA) is 46.5 Å². The van der Waals surface area contributed by atoms with Gasteiger partial charge in [0.1, 0.15) is 0 Å². The fourth-order valence-corrected chi connectivity index (χ4v) is 1.35. The van der Waals surface area contributed by atoms with Gasteiger partial charge in [0, 0.05) is 0 Å². The minimum Gasteiger partial charge on any atom is -0.481 e. The van der Waals surface area contributed by atoms with E-state index in [1.807, 2.05) is 13.8 Å². The molecule has 3 nitrogen and oxygen atoms in total. The summed E-state index contributed by atoms with van der Waals surface area (Å²) in [5.74, 6) is -0.700. The van der Waals surface area contributed by atoms with Crippen LogP contribution in [0.2, 0.25) is 0 Å².